The van der Waals surface area contributed by atoms with E-state index in [4.69, 9.17) is 9.47 Å². The van der Waals surface area contributed by atoms with E-state index in [-0.39, 0.29) is 24.0 Å². The summed E-state index contributed by atoms with van der Waals surface area (Å²) in [5.74, 6) is 1.25. The van der Waals surface area contributed by atoms with E-state index in [0.717, 1.165) is 35.5 Å². The fourth-order valence-corrected chi connectivity index (χ4v) is 7.84. The minimum Gasteiger partial charge on any atom is -0.490 e. The lowest BCUT2D eigenvalue weighted by Crippen LogP contribution is -2.27. The molecule has 0 bridgehead atoms. The molecule has 3 aromatic rings. The van der Waals surface area contributed by atoms with Crippen LogP contribution in [-0.2, 0) is 22.4 Å². The molecular formula is C30H34N6O4S3. The zero-order chi connectivity index (χ0) is 30.7. The van der Waals surface area contributed by atoms with E-state index in [1.165, 1.54) is 46.0 Å². The van der Waals surface area contributed by atoms with Crippen LogP contribution in [0.4, 0.5) is 0 Å². The highest BCUT2D eigenvalue weighted by Crippen LogP contribution is 2.34. The van der Waals surface area contributed by atoms with Gasteiger partial charge in [0.25, 0.3) is 11.8 Å². The molecule has 13 heteroatoms. The van der Waals surface area contributed by atoms with Gasteiger partial charge < -0.3 is 9.47 Å². The monoisotopic (exact) mass is 638 g/mol. The molecule has 2 aliphatic rings. The van der Waals surface area contributed by atoms with Crippen LogP contribution in [0.2, 0.25) is 0 Å². The van der Waals surface area contributed by atoms with Crippen molar-refractivity contribution in [1.82, 2.24) is 21.0 Å². The number of ether oxygens (including phenoxy) is 2. The summed E-state index contributed by atoms with van der Waals surface area (Å²) in [7, 11) is 0. The third-order valence-corrected chi connectivity index (χ3v) is 10.3. The fourth-order valence-electron chi connectivity index (χ4n) is 4.54. The number of nitrogens with zero attached hydrogens (tertiary/aromatic N) is 4. The van der Waals surface area contributed by atoms with Gasteiger partial charge in [0.05, 0.1) is 21.9 Å². The first-order chi connectivity index (χ1) is 20.5. The summed E-state index contributed by atoms with van der Waals surface area (Å²) in [5, 5.41) is 16.1. The Morgan fingerprint density at radius 2 is 1.23 bits per heavy atom. The van der Waals surface area contributed by atoms with Crippen molar-refractivity contribution in [2.75, 3.05) is 0 Å². The van der Waals surface area contributed by atoms with Crippen LogP contribution in [0.5, 0.6) is 11.5 Å². The Balaban J connectivity index is 1.09. The van der Waals surface area contributed by atoms with Gasteiger partial charge in [-0.2, -0.15) is 10.2 Å². The molecule has 0 aliphatic carbocycles. The maximum absolute atomic E-state index is 12.7. The minimum atomic E-state index is -0.447. The molecule has 0 spiro atoms. The summed E-state index contributed by atoms with van der Waals surface area (Å²) in [4.78, 5) is 25.4. The number of thioether (sulfide) groups is 2. The number of hydrazone groups is 2. The van der Waals surface area contributed by atoms with Gasteiger partial charge in [-0.3, -0.25) is 9.59 Å². The first-order valence-electron chi connectivity index (χ1n) is 14.0. The lowest BCUT2D eigenvalue weighted by Gasteiger charge is -2.09. The third kappa shape index (κ3) is 7.76. The van der Waals surface area contributed by atoms with Crippen LogP contribution in [0.1, 0.15) is 63.8 Å². The smallest absolute Gasteiger partial charge is 0.253 e. The Bertz CT molecular complexity index is 1480. The van der Waals surface area contributed by atoms with E-state index in [1.54, 1.807) is 13.8 Å². The molecule has 0 fully saturated rings. The predicted octanol–water partition coefficient (Wildman–Crippen LogP) is 5.23. The van der Waals surface area contributed by atoms with Crippen molar-refractivity contribution in [3.63, 3.8) is 0 Å². The van der Waals surface area contributed by atoms with E-state index in [0.29, 0.717) is 20.1 Å². The third-order valence-electron chi connectivity index (χ3n) is 6.99. The van der Waals surface area contributed by atoms with Crippen molar-refractivity contribution in [1.29, 1.82) is 0 Å². The molecule has 4 atom stereocenters. The van der Waals surface area contributed by atoms with Gasteiger partial charge in [-0.25, -0.2) is 10.9 Å². The molecule has 1 aromatic heterocycles. The maximum Gasteiger partial charge on any atom is 0.253 e. The van der Waals surface area contributed by atoms with Gasteiger partial charge in [0, 0.05) is 24.0 Å². The standard InChI is InChI=1S/C30H34N6O4S3/c1-15-11-23-9-7-21(13-25(23)39-15)17(3)31-33-27(37)19(5)41-29-35-36-30(43-29)42-20(6)28(38)34-32-18(4)22-8-10-24-12-16(2)40-26(24)14-22/h7-10,13-16,19-20H,11-12H2,1-6H3,(H,33,37)(H,34,38). The highest BCUT2D eigenvalue weighted by Gasteiger charge is 2.22. The lowest BCUT2D eigenvalue weighted by molar-refractivity contribution is -0.121. The number of aromatic nitrogens is 2. The number of hydrogen-bond acceptors (Lipinski definition) is 11. The normalized spacial score (nSPS) is 19.1. The zero-order valence-electron chi connectivity index (χ0n) is 24.8. The minimum absolute atomic E-state index is 0.170. The maximum atomic E-state index is 12.7. The Morgan fingerprint density at radius 1 is 0.814 bits per heavy atom. The average molecular weight is 639 g/mol. The number of amides is 2. The summed E-state index contributed by atoms with van der Waals surface area (Å²) in [6.45, 7) is 11.3. The molecule has 10 nitrogen and oxygen atoms in total. The van der Waals surface area contributed by atoms with E-state index in [2.05, 4.69) is 31.3 Å². The molecule has 0 saturated heterocycles. The van der Waals surface area contributed by atoms with Gasteiger partial charge in [-0.15, -0.1) is 10.2 Å². The Kier molecular flexibility index (Phi) is 9.72. The van der Waals surface area contributed by atoms with Crippen molar-refractivity contribution in [3.8, 4) is 11.5 Å². The zero-order valence-corrected chi connectivity index (χ0v) is 27.3. The molecule has 0 saturated carbocycles. The predicted molar refractivity (Wildman–Crippen MR) is 172 cm³/mol. The molecule has 4 unspecified atom stereocenters. The topological polar surface area (TPSA) is 127 Å². The Labute approximate surface area is 263 Å². The molecule has 2 amide bonds. The molecule has 2 aromatic carbocycles. The van der Waals surface area contributed by atoms with Gasteiger partial charge >= 0.3 is 0 Å². The summed E-state index contributed by atoms with van der Waals surface area (Å²) >= 11 is 3.91. The van der Waals surface area contributed by atoms with Gasteiger partial charge in [0.2, 0.25) is 0 Å². The molecule has 226 valence electrons. The second-order valence-corrected chi connectivity index (χ2v) is 14.8. The first kappa shape index (κ1) is 31.0. The van der Waals surface area contributed by atoms with Crippen LogP contribution in [0.25, 0.3) is 0 Å². The van der Waals surface area contributed by atoms with Crippen molar-refractivity contribution in [3.05, 3.63) is 58.7 Å². The van der Waals surface area contributed by atoms with Crippen molar-refractivity contribution < 1.29 is 19.1 Å². The molecule has 2 aliphatic heterocycles. The average Bonchev–Trinajstić information content (AvgIpc) is 3.69. The Morgan fingerprint density at radius 3 is 1.65 bits per heavy atom. The fraction of sp³-hybridized carbons (Fsp3) is 0.400. The lowest BCUT2D eigenvalue weighted by atomic mass is 10.1. The Hall–Kier alpha value is -3.42. The van der Waals surface area contributed by atoms with Gasteiger partial charge in [0.15, 0.2) is 8.68 Å². The SMILES string of the molecule is CC(=NNC(=O)C(C)Sc1nnc(SC(C)C(=O)NN=C(C)c2ccc3c(c2)OC(C)C3)s1)c1ccc2c(c1)OC(C)C2. The summed E-state index contributed by atoms with van der Waals surface area (Å²) < 4.78 is 12.9. The van der Waals surface area contributed by atoms with Crippen molar-refractivity contribution >= 4 is 58.1 Å². The molecule has 2 N–H and O–H groups in total. The number of fused-ring (bicyclic) bond motifs is 2. The van der Waals surface area contributed by atoms with Gasteiger partial charge in [0.1, 0.15) is 23.7 Å². The second kappa shape index (κ2) is 13.5. The number of rotatable bonds is 10. The van der Waals surface area contributed by atoms with Crippen LogP contribution >= 0.6 is 34.9 Å². The summed E-state index contributed by atoms with van der Waals surface area (Å²) in [6, 6.07) is 12.0. The molecule has 5 rings (SSSR count). The summed E-state index contributed by atoms with van der Waals surface area (Å²) in [5.41, 5.74) is 10.8. The van der Waals surface area contributed by atoms with Crippen LogP contribution in [0.3, 0.4) is 0 Å². The van der Waals surface area contributed by atoms with E-state index >= 15 is 0 Å². The summed E-state index contributed by atoms with van der Waals surface area (Å²) in [6.07, 6.45) is 2.14. The van der Waals surface area contributed by atoms with Crippen LogP contribution < -0.4 is 20.3 Å². The molecular weight excluding hydrogens is 605 g/mol. The number of carbonyl (C=O) groups excluding carboxylic acids is 2. The van der Waals surface area contributed by atoms with Crippen molar-refractivity contribution in [2.45, 2.75) is 85.8 Å². The van der Waals surface area contributed by atoms with Gasteiger partial charge in [-0.05, 0) is 64.8 Å². The van der Waals surface area contributed by atoms with E-state index < -0.39 is 10.5 Å². The molecule has 43 heavy (non-hydrogen) atoms. The molecule has 3 heterocycles. The number of benzene rings is 2. The van der Waals surface area contributed by atoms with Crippen molar-refractivity contribution in [2.24, 2.45) is 10.2 Å². The van der Waals surface area contributed by atoms with E-state index in [1.807, 2.05) is 64.1 Å². The molecule has 0 radical (unpaired) electrons. The number of carbonyl (C=O) groups is 2. The number of hydrogen-bond donors (Lipinski definition) is 2. The first-order valence-corrected chi connectivity index (χ1v) is 16.6. The highest BCUT2D eigenvalue weighted by molar-refractivity contribution is 8.04. The van der Waals surface area contributed by atoms with Gasteiger partial charge in [-0.1, -0.05) is 59.1 Å². The highest BCUT2D eigenvalue weighted by atomic mass is 32.2. The second-order valence-electron chi connectivity index (χ2n) is 10.6. The van der Waals surface area contributed by atoms with E-state index in [9.17, 15) is 9.59 Å². The van der Waals surface area contributed by atoms with Crippen LogP contribution in [0.15, 0.2) is 55.3 Å². The number of nitrogens with one attached hydrogen (secondary N) is 2. The largest absolute Gasteiger partial charge is 0.490 e. The van der Waals surface area contributed by atoms with Crippen LogP contribution in [-0.4, -0.2) is 56.1 Å². The van der Waals surface area contributed by atoms with Crippen LogP contribution in [0, 0.1) is 0 Å². The quantitative estimate of drug-likeness (QED) is 0.176.